The minimum atomic E-state index is -0.556. The topological polar surface area (TPSA) is 63.5 Å². The summed E-state index contributed by atoms with van der Waals surface area (Å²) in [5.41, 5.74) is 0.407. The maximum Gasteiger partial charge on any atom is 0.288 e. The molecule has 7 heteroatoms. The molecule has 0 radical (unpaired) electrons. The molecule has 1 heterocycles. The SMILES string of the molecule is O=C1CC(CCl)CN1c1ccc([N+](=O)[O-])c(Cl)c1. The minimum Gasteiger partial charge on any atom is -0.312 e. The number of halogens is 2. The number of hydrogen-bond acceptors (Lipinski definition) is 3. The van der Waals surface area contributed by atoms with E-state index in [9.17, 15) is 14.9 Å². The van der Waals surface area contributed by atoms with Gasteiger partial charge in [0.25, 0.3) is 5.69 Å². The van der Waals surface area contributed by atoms with Crippen molar-refractivity contribution in [3.8, 4) is 0 Å². The summed E-state index contributed by atoms with van der Waals surface area (Å²) in [6.07, 6.45) is 0.401. The molecule has 1 atom stereocenters. The summed E-state index contributed by atoms with van der Waals surface area (Å²) in [5, 5.41) is 10.7. The van der Waals surface area contributed by atoms with Crippen molar-refractivity contribution in [2.45, 2.75) is 6.42 Å². The molecule has 1 aromatic rings. The van der Waals surface area contributed by atoms with Crippen molar-refractivity contribution in [3.63, 3.8) is 0 Å². The maximum absolute atomic E-state index is 11.8. The number of nitro groups is 1. The Labute approximate surface area is 113 Å². The zero-order valence-electron chi connectivity index (χ0n) is 9.31. The first kappa shape index (κ1) is 13.1. The number of amides is 1. The molecule has 0 aromatic heterocycles. The first-order valence-electron chi connectivity index (χ1n) is 5.33. The number of alkyl halides is 1. The van der Waals surface area contributed by atoms with Gasteiger partial charge >= 0.3 is 0 Å². The van der Waals surface area contributed by atoms with Crippen LogP contribution in [0.25, 0.3) is 0 Å². The fourth-order valence-corrected chi connectivity index (χ4v) is 2.40. The van der Waals surface area contributed by atoms with E-state index in [1.165, 1.54) is 18.2 Å². The lowest BCUT2D eigenvalue weighted by Gasteiger charge is -2.16. The van der Waals surface area contributed by atoms with Crippen LogP contribution in [0.2, 0.25) is 5.02 Å². The van der Waals surface area contributed by atoms with Gasteiger partial charge in [0.05, 0.1) is 4.92 Å². The van der Waals surface area contributed by atoms with Crippen LogP contribution in [-0.4, -0.2) is 23.3 Å². The number of carbonyl (C=O) groups excluding carboxylic acids is 1. The third-order valence-electron chi connectivity index (χ3n) is 2.86. The van der Waals surface area contributed by atoms with Crippen LogP contribution in [0.5, 0.6) is 0 Å². The molecule has 0 saturated carbocycles. The van der Waals surface area contributed by atoms with E-state index < -0.39 is 4.92 Å². The molecule has 1 amide bonds. The molecule has 0 spiro atoms. The van der Waals surface area contributed by atoms with Gasteiger partial charge in [-0.3, -0.25) is 14.9 Å². The number of nitro benzene ring substituents is 1. The van der Waals surface area contributed by atoms with Gasteiger partial charge in [0.15, 0.2) is 0 Å². The molecule has 18 heavy (non-hydrogen) atoms. The average Bonchev–Trinajstić information content (AvgIpc) is 2.70. The fraction of sp³-hybridized carbons (Fsp3) is 0.364. The van der Waals surface area contributed by atoms with Crippen molar-refractivity contribution < 1.29 is 9.72 Å². The van der Waals surface area contributed by atoms with Crippen molar-refractivity contribution >= 4 is 40.5 Å². The summed E-state index contributed by atoms with van der Waals surface area (Å²) in [5.74, 6) is 0.502. The number of benzene rings is 1. The van der Waals surface area contributed by atoms with Crippen LogP contribution in [0.4, 0.5) is 11.4 Å². The van der Waals surface area contributed by atoms with Gasteiger partial charge in [-0.05, 0) is 18.1 Å². The van der Waals surface area contributed by atoms with Gasteiger partial charge in [-0.1, -0.05) is 11.6 Å². The number of carbonyl (C=O) groups is 1. The lowest BCUT2D eigenvalue weighted by atomic mass is 10.1. The molecular weight excluding hydrogens is 279 g/mol. The largest absolute Gasteiger partial charge is 0.312 e. The van der Waals surface area contributed by atoms with E-state index in [1.807, 2.05) is 0 Å². The molecule has 1 saturated heterocycles. The highest BCUT2D eigenvalue weighted by atomic mass is 35.5. The summed E-state index contributed by atoms with van der Waals surface area (Å²) < 4.78 is 0. The van der Waals surface area contributed by atoms with Gasteiger partial charge in [0, 0.05) is 30.6 Å². The second kappa shape index (κ2) is 5.12. The lowest BCUT2D eigenvalue weighted by molar-refractivity contribution is -0.384. The van der Waals surface area contributed by atoms with Crippen LogP contribution in [0, 0.1) is 16.0 Å². The number of anilines is 1. The Morgan fingerprint density at radius 1 is 1.50 bits per heavy atom. The molecule has 1 unspecified atom stereocenters. The summed E-state index contributed by atoms with van der Waals surface area (Å²) in [4.78, 5) is 23.4. The second-order valence-corrected chi connectivity index (χ2v) is 4.84. The molecular formula is C11H10Cl2N2O3. The molecule has 1 aliphatic rings. The Kier molecular flexibility index (Phi) is 3.73. The van der Waals surface area contributed by atoms with Crippen LogP contribution in [0.15, 0.2) is 18.2 Å². The van der Waals surface area contributed by atoms with Crippen LogP contribution in [0.1, 0.15) is 6.42 Å². The highest BCUT2D eigenvalue weighted by Gasteiger charge is 2.30. The van der Waals surface area contributed by atoms with Gasteiger partial charge in [0.1, 0.15) is 5.02 Å². The van der Waals surface area contributed by atoms with Crippen LogP contribution in [-0.2, 0) is 4.79 Å². The Bertz CT molecular complexity index is 507. The van der Waals surface area contributed by atoms with E-state index in [1.54, 1.807) is 4.90 Å². The van der Waals surface area contributed by atoms with E-state index in [0.717, 1.165) is 0 Å². The second-order valence-electron chi connectivity index (χ2n) is 4.12. The van der Waals surface area contributed by atoms with E-state index in [4.69, 9.17) is 23.2 Å². The standard InChI is InChI=1S/C11H10Cl2N2O3/c12-5-7-3-11(16)14(6-7)8-1-2-10(15(17)18)9(13)4-8/h1-2,4,7H,3,5-6H2. The summed E-state index contributed by atoms with van der Waals surface area (Å²) in [6.45, 7) is 0.524. The molecule has 0 N–H and O–H groups in total. The van der Waals surface area contributed by atoms with Crippen LogP contribution in [0.3, 0.4) is 0 Å². The predicted molar refractivity (Wildman–Crippen MR) is 69.3 cm³/mol. The maximum atomic E-state index is 11.8. The highest BCUT2D eigenvalue weighted by Crippen LogP contribution is 2.32. The van der Waals surface area contributed by atoms with Crippen molar-refractivity contribution in [2.75, 3.05) is 17.3 Å². The Balaban J connectivity index is 2.27. The molecule has 1 aliphatic heterocycles. The Morgan fingerprint density at radius 3 is 2.72 bits per heavy atom. The van der Waals surface area contributed by atoms with Crippen molar-refractivity contribution in [2.24, 2.45) is 5.92 Å². The smallest absolute Gasteiger partial charge is 0.288 e. The lowest BCUT2D eigenvalue weighted by Crippen LogP contribution is -2.24. The van der Waals surface area contributed by atoms with E-state index in [-0.39, 0.29) is 22.5 Å². The third kappa shape index (κ3) is 2.42. The van der Waals surface area contributed by atoms with Gasteiger partial charge in [-0.2, -0.15) is 0 Å². The van der Waals surface area contributed by atoms with Crippen molar-refractivity contribution in [1.29, 1.82) is 0 Å². The molecule has 1 fully saturated rings. The van der Waals surface area contributed by atoms with E-state index >= 15 is 0 Å². The van der Waals surface area contributed by atoms with Gasteiger partial charge < -0.3 is 4.90 Å². The minimum absolute atomic E-state index is 0.0274. The van der Waals surface area contributed by atoms with Crippen molar-refractivity contribution in [1.82, 2.24) is 0 Å². The first-order valence-corrected chi connectivity index (χ1v) is 6.24. The van der Waals surface area contributed by atoms with Gasteiger partial charge in [-0.15, -0.1) is 11.6 Å². The monoisotopic (exact) mass is 288 g/mol. The Hall–Kier alpha value is -1.33. The third-order valence-corrected chi connectivity index (χ3v) is 3.60. The van der Waals surface area contributed by atoms with Gasteiger partial charge in [-0.25, -0.2) is 0 Å². The first-order chi connectivity index (χ1) is 8.52. The molecule has 5 nitrogen and oxygen atoms in total. The predicted octanol–water partition coefficient (Wildman–Crippen LogP) is 2.84. The normalized spacial score (nSPS) is 19.3. The fourth-order valence-electron chi connectivity index (χ4n) is 1.95. The average molecular weight is 289 g/mol. The summed E-state index contributed by atoms with van der Waals surface area (Å²) in [7, 11) is 0. The molecule has 2 rings (SSSR count). The Morgan fingerprint density at radius 2 is 2.22 bits per heavy atom. The zero-order valence-corrected chi connectivity index (χ0v) is 10.8. The molecule has 96 valence electrons. The summed E-state index contributed by atoms with van der Waals surface area (Å²) in [6, 6.07) is 4.27. The van der Waals surface area contributed by atoms with Crippen molar-refractivity contribution in [3.05, 3.63) is 33.3 Å². The van der Waals surface area contributed by atoms with Crippen LogP contribution >= 0.6 is 23.2 Å². The van der Waals surface area contributed by atoms with E-state index in [2.05, 4.69) is 0 Å². The van der Waals surface area contributed by atoms with E-state index in [0.29, 0.717) is 24.5 Å². The number of rotatable bonds is 3. The van der Waals surface area contributed by atoms with Crippen LogP contribution < -0.4 is 4.90 Å². The summed E-state index contributed by atoms with van der Waals surface area (Å²) >= 11 is 11.5. The molecule has 0 bridgehead atoms. The molecule has 0 aliphatic carbocycles. The quantitative estimate of drug-likeness (QED) is 0.488. The number of nitrogens with zero attached hydrogens (tertiary/aromatic N) is 2. The molecule has 1 aromatic carbocycles. The zero-order chi connectivity index (χ0) is 13.3. The van der Waals surface area contributed by atoms with Gasteiger partial charge in [0.2, 0.25) is 5.91 Å². The highest BCUT2D eigenvalue weighted by molar-refractivity contribution is 6.33. The number of hydrogen-bond donors (Lipinski definition) is 0.